The van der Waals surface area contributed by atoms with E-state index in [4.69, 9.17) is 0 Å². The predicted molar refractivity (Wildman–Crippen MR) is 67.4 cm³/mol. The molecule has 0 aliphatic carbocycles. The number of hydrogen-bond donors (Lipinski definition) is 1. The van der Waals surface area contributed by atoms with E-state index in [1.165, 1.54) is 10.9 Å². The molecule has 0 saturated carbocycles. The number of para-hydroxylation sites is 1. The fourth-order valence-corrected chi connectivity index (χ4v) is 2.11. The molecule has 0 fully saturated rings. The van der Waals surface area contributed by atoms with Crippen LogP contribution in [0.2, 0.25) is 0 Å². The average molecular weight is 220 g/mol. The molecule has 2 nitrogen and oxygen atoms in total. The first-order valence-electron chi connectivity index (χ1n) is 5.36. The minimum atomic E-state index is 0.608. The van der Waals surface area contributed by atoms with E-state index in [1.807, 2.05) is 12.3 Å². The van der Waals surface area contributed by atoms with Crippen molar-refractivity contribution in [3.63, 3.8) is 0 Å². The van der Waals surface area contributed by atoms with Gasteiger partial charge in [-0.3, -0.25) is 4.68 Å². The van der Waals surface area contributed by atoms with Crippen LogP contribution < -0.4 is 0 Å². The first-order chi connectivity index (χ1) is 7.35. The Morgan fingerprint density at radius 2 is 2.20 bits per heavy atom. The maximum absolute atomic E-state index is 4.41. The SMILES string of the molecule is CCC(CS)Cn1ncc2ccccc21. The summed E-state index contributed by atoms with van der Waals surface area (Å²) < 4.78 is 2.08. The monoisotopic (exact) mass is 220 g/mol. The van der Waals surface area contributed by atoms with Gasteiger partial charge in [-0.05, 0) is 17.7 Å². The Morgan fingerprint density at radius 1 is 1.40 bits per heavy atom. The lowest BCUT2D eigenvalue weighted by Crippen LogP contribution is -2.12. The Morgan fingerprint density at radius 3 is 2.93 bits per heavy atom. The van der Waals surface area contributed by atoms with Crippen LogP contribution in [0.5, 0.6) is 0 Å². The van der Waals surface area contributed by atoms with E-state index in [1.54, 1.807) is 0 Å². The molecule has 0 aliphatic heterocycles. The summed E-state index contributed by atoms with van der Waals surface area (Å²) in [6, 6.07) is 8.32. The van der Waals surface area contributed by atoms with Gasteiger partial charge < -0.3 is 0 Å². The molecule has 2 rings (SSSR count). The molecular formula is C12H16N2S. The number of nitrogens with zero attached hydrogens (tertiary/aromatic N) is 2. The van der Waals surface area contributed by atoms with Gasteiger partial charge in [-0.2, -0.15) is 17.7 Å². The lowest BCUT2D eigenvalue weighted by molar-refractivity contribution is 0.456. The van der Waals surface area contributed by atoms with Crippen LogP contribution in [0.3, 0.4) is 0 Å². The molecule has 0 amide bonds. The van der Waals surface area contributed by atoms with Crippen molar-refractivity contribution in [2.75, 3.05) is 5.75 Å². The predicted octanol–water partition coefficient (Wildman–Crippen LogP) is 2.99. The molecular weight excluding hydrogens is 204 g/mol. The van der Waals surface area contributed by atoms with E-state index in [9.17, 15) is 0 Å². The third-order valence-corrected chi connectivity index (χ3v) is 3.33. The molecule has 3 heteroatoms. The first kappa shape index (κ1) is 10.6. The van der Waals surface area contributed by atoms with Crippen molar-refractivity contribution in [1.82, 2.24) is 9.78 Å². The van der Waals surface area contributed by atoms with Crippen molar-refractivity contribution in [3.8, 4) is 0 Å². The van der Waals surface area contributed by atoms with Crippen LogP contribution in [0, 0.1) is 5.92 Å². The van der Waals surface area contributed by atoms with Crippen molar-refractivity contribution < 1.29 is 0 Å². The van der Waals surface area contributed by atoms with Gasteiger partial charge in [-0.1, -0.05) is 31.5 Å². The molecule has 0 spiro atoms. The molecule has 1 aromatic carbocycles. The summed E-state index contributed by atoms with van der Waals surface area (Å²) in [6.45, 7) is 3.17. The Kier molecular flexibility index (Phi) is 3.31. The third-order valence-electron chi connectivity index (χ3n) is 2.82. The molecule has 0 aliphatic rings. The maximum Gasteiger partial charge on any atom is 0.0682 e. The van der Waals surface area contributed by atoms with Crippen molar-refractivity contribution in [2.24, 2.45) is 5.92 Å². The molecule has 0 radical (unpaired) electrons. The largest absolute Gasteiger partial charge is 0.265 e. The Bertz CT molecular complexity index is 432. The van der Waals surface area contributed by atoms with Gasteiger partial charge in [0.15, 0.2) is 0 Å². The van der Waals surface area contributed by atoms with Gasteiger partial charge in [0.2, 0.25) is 0 Å². The molecule has 1 unspecified atom stereocenters. The zero-order valence-corrected chi connectivity index (χ0v) is 9.82. The average Bonchev–Trinajstić information content (AvgIpc) is 2.69. The quantitative estimate of drug-likeness (QED) is 0.784. The normalized spacial score (nSPS) is 13.2. The summed E-state index contributed by atoms with van der Waals surface area (Å²) >= 11 is 4.36. The third kappa shape index (κ3) is 2.17. The fourth-order valence-electron chi connectivity index (χ4n) is 1.73. The molecule has 15 heavy (non-hydrogen) atoms. The topological polar surface area (TPSA) is 17.8 Å². The Hall–Kier alpha value is -0.960. The van der Waals surface area contributed by atoms with E-state index >= 15 is 0 Å². The van der Waals surface area contributed by atoms with Gasteiger partial charge >= 0.3 is 0 Å². The summed E-state index contributed by atoms with van der Waals surface area (Å²) in [4.78, 5) is 0. The molecule has 80 valence electrons. The molecule has 0 N–H and O–H groups in total. The lowest BCUT2D eigenvalue weighted by atomic mass is 10.1. The van der Waals surface area contributed by atoms with Crippen molar-refractivity contribution in [2.45, 2.75) is 19.9 Å². The highest BCUT2D eigenvalue weighted by Gasteiger charge is 2.07. The van der Waals surface area contributed by atoms with E-state index in [0.717, 1.165) is 18.7 Å². The minimum absolute atomic E-state index is 0.608. The van der Waals surface area contributed by atoms with Gasteiger partial charge in [0.25, 0.3) is 0 Å². The van der Waals surface area contributed by atoms with Crippen LogP contribution in [0.15, 0.2) is 30.5 Å². The van der Waals surface area contributed by atoms with Gasteiger partial charge in [0.05, 0.1) is 11.7 Å². The van der Waals surface area contributed by atoms with Gasteiger partial charge in [-0.25, -0.2) is 0 Å². The number of hydrogen-bond acceptors (Lipinski definition) is 2. The zero-order valence-electron chi connectivity index (χ0n) is 8.93. The summed E-state index contributed by atoms with van der Waals surface area (Å²) in [5.74, 6) is 1.53. The summed E-state index contributed by atoms with van der Waals surface area (Å²) in [7, 11) is 0. The summed E-state index contributed by atoms with van der Waals surface area (Å²) in [5, 5.41) is 5.63. The Labute approximate surface area is 95.7 Å². The molecule has 1 aromatic heterocycles. The summed E-state index contributed by atoms with van der Waals surface area (Å²) in [6.07, 6.45) is 3.08. The minimum Gasteiger partial charge on any atom is -0.265 e. The van der Waals surface area contributed by atoms with E-state index in [2.05, 4.69) is 47.5 Å². The van der Waals surface area contributed by atoms with Crippen molar-refractivity contribution in [1.29, 1.82) is 0 Å². The van der Waals surface area contributed by atoms with Crippen molar-refractivity contribution in [3.05, 3.63) is 30.5 Å². The van der Waals surface area contributed by atoms with Crippen LogP contribution in [-0.2, 0) is 6.54 Å². The lowest BCUT2D eigenvalue weighted by Gasteiger charge is -2.12. The van der Waals surface area contributed by atoms with Crippen molar-refractivity contribution >= 4 is 23.5 Å². The van der Waals surface area contributed by atoms with Gasteiger partial charge in [-0.15, -0.1) is 0 Å². The second kappa shape index (κ2) is 4.71. The second-order valence-electron chi connectivity index (χ2n) is 3.84. The van der Waals surface area contributed by atoms with Crippen LogP contribution in [0.25, 0.3) is 10.9 Å². The highest BCUT2D eigenvalue weighted by Crippen LogP contribution is 2.16. The van der Waals surface area contributed by atoms with Crippen LogP contribution in [-0.4, -0.2) is 15.5 Å². The zero-order chi connectivity index (χ0) is 10.7. The smallest absolute Gasteiger partial charge is 0.0682 e. The molecule has 0 saturated heterocycles. The van der Waals surface area contributed by atoms with E-state index in [0.29, 0.717) is 5.92 Å². The second-order valence-corrected chi connectivity index (χ2v) is 4.21. The molecule has 2 aromatic rings. The standard InChI is InChI=1S/C12H16N2S/c1-2-10(9-15)8-14-12-6-4-3-5-11(12)7-13-14/h3-7,10,15H,2,8-9H2,1H3. The molecule has 1 heterocycles. The molecule has 1 atom stereocenters. The number of fused-ring (bicyclic) bond motifs is 1. The number of rotatable bonds is 4. The summed E-state index contributed by atoms with van der Waals surface area (Å²) in [5.41, 5.74) is 1.22. The highest BCUT2D eigenvalue weighted by molar-refractivity contribution is 7.80. The number of benzene rings is 1. The maximum atomic E-state index is 4.41. The number of aromatic nitrogens is 2. The highest BCUT2D eigenvalue weighted by atomic mass is 32.1. The molecule has 0 bridgehead atoms. The fraction of sp³-hybridized carbons (Fsp3) is 0.417. The van der Waals surface area contributed by atoms with Gasteiger partial charge in [0, 0.05) is 11.9 Å². The Balaban J connectivity index is 2.28. The van der Waals surface area contributed by atoms with Crippen LogP contribution in [0.1, 0.15) is 13.3 Å². The first-order valence-corrected chi connectivity index (χ1v) is 5.99. The van der Waals surface area contributed by atoms with Crippen LogP contribution in [0.4, 0.5) is 0 Å². The van der Waals surface area contributed by atoms with Gasteiger partial charge in [0.1, 0.15) is 0 Å². The van der Waals surface area contributed by atoms with Crippen LogP contribution >= 0.6 is 12.6 Å². The van der Waals surface area contributed by atoms with E-state index in [-0.39, 0.29) is 0 Å². The van der Waals surface area contributed by atoms with E-state index < -0.39 is 0 Å². The number of thiol groups is 1.